The zero-order valence-electron chi connectivity index (χ0n) is 9.02. The SMILES string of the molecule is CN=C1N[C@@H]2[C@H](F)[C@H](O)[C@@H](CC(F)F)O[C@@H]2S1. The monoisotopic (exact) mass is 270 g/mol. The normalized spacial score (nSPS) is 43.9. The first-order chi connectivity index (χ1) is 8.02. The van der Waals surface area contributed by atoms with Crippen LogP contribution < -0.4 is 5.32 Å². The fourth-order valence-corrected chi connectivity index (χ4v) is 3.02. The van der Waals surface area contributed by atoms with Crippen molar-refractivity contribution in [2.24, 2.45) is 4.99 Å². The fraction of sp³-hybridized carbons (Fsp3) is 0.889. The van der Waals surface area contributed by atoms with Gasteiger partial charge in [0.25, 0.3) is 0 Å². The number of nitrogens with one attached hydrogen (secondary N) is 1. The van der Waals surface area contributed by atoms with Crippen molar-refractivity contribution in [3.63, 3.8) is 0 Å². The molecule has 2 N–H and O–H groups in total. The maximum Gasteiger partial charge on any atom is 0.241 e. The molecule has 0 aliphatic carbocycles. The summed E-state index contributed by atoms with van der Waals surface area (Å²) in [5.74, 6) is 0. The standard InChI is InChI=1S/C9H13F3N2O2S/c1-13-9-14-6-5(12)7(15)3(2-4(10)11)16-8(6)17-9/h3-8,15H,2H2,1H3,(H,13,14)/t3-,5+,6-,7-,8-/m1/s1. The van der Waals surface area contributed by atoms with Crippen molar-refractivity contribution in [3.05, 3.63) is 0 Å². The Labute approximate surface area is 101 Å². The Kier molecular flexibility index (Phi) is 3.84. The molecular formula is C9H13F3N2O2S. The van der Waals surface area contributed by atoms with Gasteiger partial charge in [0.05, 0.1) is 12.1 Å². The second kappa shape index (κ2) is 5.03. The molecule has 0 aromatic carbocycles. The van der Waals surface area contributed by atoms with Crippen molar-refractivity contribution >= 4 is 16.9 Å². The molecule has 17 heavy (non-hydrogen) atoms. The van der Waals surface area contributed by atoms with E-state index in [1.807, 2.05) is 0 Å². The summed E-state index contributed by atoms with van der Waals surface area (Å²) >= 11 is 1.15. The Morgan fingerprint density at radius 3 is 2.88 bits per heavy atom. The van der Waals surface area contributed by atoms with Crippen molar-refractivity contribution in [1.29, 1.82) is 0 Å². The van der Waals surface area contributed by atoms with Gasteiger partial charge in [0.1, 0.15) is 11.5 Å². The number of fused-ring (bicyclic) bond motifs is 1. The molecule has 0 aromatic heterocycles. The van der Waals surface area contributed by atoms with E-state index in [2.05, 4.69) is 10.3 Å². The van der Waals surface area contributed by atoms with Gasteiger partial charge in [-0.3, -0.25) is 4.99 Å². The summed E-state index contributed by atoms with van der Waals surface area (Å²) < 4.78 is 43.6. The summed E-state index contributed by atoms with van der Waals surface area (Å²) in [6.45, 7) is 0. The summed E-state index contributed by atoms with van der Waals surface area (Å²) in [6, 6.07) is -0.734. The Morgan fingerprint density at radius 2 is 2.29 bits per heavy atom. The van der Waals surface area contributed by atoms with Crippen molar-refractivity contribution in [2.75, 3.05) is 7.05 Å². The van der Waals surface area contributed by atoms with Crippen LogP contribution in [-0.4, -0.2) is 53.6 Å². The number of aliphatic imine (C=N–C) groups is 1. The molecule has 2 aliphatic rings. The zero-order valence-corrected chi connectivity index (χ0v) is 9.83. The number of amidine groups is 1. The van der Waals surface area contributed by atoms with Crippen LogP contribution in [0.5, 0.6) is 0 Å². The maximum atomic E-state index is 13.8. The van der Waals surface area contributed by atoms with E-state index >= 15 is 0 Å². The number of ether oxygens (including phenoxy) is 1. The molecule has 8 heteroatoms. The van der Waals surface area contributed by atoms with E-state index in [4.69, 9.17) is 4.74 Å². The Morgan fingerprint density at radius 1 is 1.59 bits per heavy atom. The van der Waals surface area contributed by atoms with Gasteiger partial charge >= 0.3 is 0 Å². The highest BCUT2D eigenvalue weighted by Gasteiger charge is 2.50. The topological polar surface area (TPSA) is 53.9 Å². The second-order valence-electron chi connectivity index (χ2n) is 3.92. The third-order valence-electron chi connectivity index (χ3n) is 2.78. The third-order valence-corrected chi connectivity index (χ3v) is 3.94. The van der Waals surface area contributed by atoms with Crippen LogP contribution in [0.15, 0.2) is 4.99 Å². The molecule has 0 bridgehead atoms. The lowest BCUT2D eigenvalue weighted by atomic mass is 9.97. The minimum absolute atomic E-state index is 0.493. The summed E-state index contributed by atoms with van der Waals surface area (Å²) in [7, 11) is 1.53. The van der Waals surface area contributed by atoms with Crippen LogP contribution in [0.3, 0.4) is 0 Å². The van der Waals surface area contributed by atoms with E-state index in [1.165, 1.54) is 7.05 Å². The summed E-state index contributed by atoms with van der Waals surface area (Å²) in [6.07, 6.45) is -7.63. The molecule has 2 heterocycles. The molecular weight excluding hydrogens is 257 g/mol. The largest absolute Gasteiger partial charge is 0.387 e. The van der Waals surface area contributed by atoms with Crippen LogP contribution in [0.4, 0.5) is 13.2 Å². The highest BCUT2D eigenvalue weighted by molar-refractivity contribution is 8.14. The number of rotatable bonds is 2. The first-order valence-electron chi connectivity index (χ1n) is 5.18. The Hall–Kier alpha value is -0.470. The summed E-state index contributed by atoms with van der Waals surface area (Å²) in [4.78, 5) is 3.85. The molecule has 98 valence electrons. The van der Waals surface area contributed by atoms with E-state index < -0.39 is 42.7 Å². The predicted molar refractivity (Wildman–Crippen MR) is 58.1 cm³/mol. The Balaban J connectivity index is 2.08. The number of hydrogen-bond acceptors (Lipinski definition) is 4. The number of hydrogen-bond donors (Lipinski definition) is 2. The smallest absolute Gasteiger partial charge is 0.241 e. The first-order valence-corrected chi connectivity index (χ1v) is 6.06. The minimum Gasteiger partial charge on any atom is -0.387 e. The summed E-state index contributed by atoms with van der Waals surface area (Å²) in [5.41, 5.74) is -0.615. The van der Waals surface area contributed by atoms with E-state index in [0.717, 1.165) is 11.8 Å². The lowest BCUT2D eigenvalue weighted by Gasteiger charge is -2.37. The summed E-state index contributed by atoms with van der Waals surface area (Å²) in [5, 5.41) is 12.8. The van der Waals surface area contributed by atoms with Gasteiger partial charge in [0.15, 0.2) is 11.3 Å². The van der Waals surface area contributed by atoms with Crippen LogP contribution in [0.2, 0.25) is 0 Å². The Bertz CT molecular complexity index is 319. The fourth-order valence-electron chi connectivity index (χ4n) is 1.93. The van der Waals surface area contributed by atoms with E-state index in [1.54, 1.807) is 0 Å². The minimum atomic E-state index is -2.63. The van der Waals surface area contributed by atoms with Crippen molar-refractivity contribution in [1.82, 2.24) is 5.32 Å². The number of aliphatic hydroxyl groups is 1. The van der Waals surface area contributed by atoms with Gasteiger partial charge in [-0.1, -0.05) is 11.8 Å². The first kappa shape index (κ1) is 13.0. The number of nitrogens with zero attached hydrogens (tertiary/aromatic N) is 1. The average molecular weight is 270 g/mol. The molecule has 0 aromatic rings. The quantitative estimate of drug-likeness (QED) is 0.777. The van der Waals surface area contributed by atoms with E-state index in [-0.39, 0.29) is 0 Å². The second-order valence-corrected chi connectivity index (χ2v) is 5.01. The molecule has 2 rings (SSSR count). The molecule has 0 radical (unpaired) electrons. The van der Waals surface area contributed by atoms with E-state index in [0.29, 0.717) is 5.17 Å². The lowest BCUT2D eigenvalue weighted by molar-refractivity contribution is -0.147. The van der Waals surface area contributed by atoms with Crippen LogP contribution in [0, 0.1) is 0 Å². The van der Waals surface area contributed by atoms with Crippen molar-refractivity contribution in [3.8, 4) is 0 Å². The predicted octanol–water partition coefficient (Wildman–Crippen LogP) is 0.756. The molecule has 2 fully saturated rings. The highest BCUT2D eigenvalue weighted by atomic mass is 32.2. The molecule has 2 aliphatic heterocycles. The van der Waals surface area contributed by atoms with Gasteiger partial charge < -0.3 is 15.2 Å². The van der Waals surface area contributed by atoms with Crippen LogP contribution in [-0.2, 0) is 4.74 Å². The highest BCUT2D eigenvalue weighted by Crippen LogP contribution is 2.36. The molecule has 0 saturated carbocycles. The lowest BCUT2D eigenvalue weighted by Crippen LogP contribution is -2.57. The number of aliphatic hydroxyl groups excluding tert-OH is 1. The number of halogens is 3. The molecule has 0 unspecified atom stereocenters. The van der Waals surface area contributed by atoms with Crippen LogP contribution >= 0.6 is 11.8 Å². The molecule has 2 saturated heterocycles. The molecule has 4 nitrogen and oxygen atoms in total. The average Bonchev–Trinajstić information content (AvgIpc) is 2.68. The number of alkyl halides is 3. The third kappa shape index (κ3) is 2.53. The van der Waals surface area contributed by atoms with Gasteiger partial charge in [-0.15, -0.1) is 0 Å². The molecule has 0 amide bonds. The zero-order chi connectivity index (χ0) is 12.6. The molecule has 5 atom stereocenters. The van der Waals surface area contributed by atoms with Crippen molar-refractivity contribution < 1.29 is 23.0 Å². The van der Waals surface area contributed by atoms with Gasteiger partial charge in [-0.25, -0.2) is 13.2 Å². The van der Waals surface area contributed by atoms with E-state index in [9.17, 15) is 18.3 Å². The molecule has 0 spiro atoms. The van der Waals surface area contributed by atoms with Gasteiger partial charge in [0.2, 0.25) is 6.43 Å². The van der Waals surface area contributed by atoms with Gasteiger partial charge in [-0.05, 0) is 0 Å². The number of thioether (sulfide) groups is 1. The maximum absolute atomic E-state index is 13.8. The van der Waals surface area contributed by atoms with Crippen LogP contribution in [0.25, 0.3) is 0 Å². The van der Waals surface area contributed by atoms with Gasteiger partial charge in [-0.2, -0.15) is 0 Å². The van der Waals surface area contributed by atoms with Gasteiger partial charge in [0, 0.05) is 13.5 Å². The van der Waals surface area contributed by atoms with Crippen molar-refractivity contribution in [2.45, 2.75) is 42.7 Å². The van der Waals surface area contributed by atoms with Crippen LogP contribution in [0.1, 0.15) is 6.42 Å².